The molecule has 0 spiro atoms. The van der Waals surface area contributed by atoms with Gasteiger partial charge >= 0.3 is 6.18 Å². The number of halogens is 3. The fourth-order valence-electron chi connectivity index (χ4n) is 0.985. The summed E-state index contributed by atoms with van der Waals surface area (Å²) in [5, 5.41) is 12.2. The lowest BCUT2D eigenvalue weighted by Gasteiger charge is -2.08. The summed E-state index contributed by atoms with van der Waals surface area (Å²) in [6.45, 7) is 3.02. The van der Waals surface area contributed by atoms with Gasteiger partial charge in [0.05, 0.1) is 11.8 Å². The van der Waals surface area contributed by atoms with Gasteiger partial charge in [0.15, 0.2) is 5.69 Å². The lowest BCUT2D eigenvalue weighted by molar-refractivity contribution is -0.144. The zero-order valence-electron chi connectivity index (χ0n) is 6.76. The molecule has 0 fully saturated rings. The molecule has 0 saturated heterocycles. The summed E-state index contributed by atoms with van der Waals surface area (Å²) in [5.41, 5.74) is -1.39. The molecule has 0 amide bonds. The Bertz CT molecular complexity index is 340. The third kappa shape index (κ3) is 1.66. The molecule has 0 radical (unpaired) electrons. The monoisotopic (exact) mass is 192 g/mol. The van der Waals surface area contributed by atoms with Gasteiger partial charge in [-0.3, -0.25) is 4.68 Å². The SMILES string of the molecule is C=C(O)c1cnn(C)c1C(F)(F)F. The molecular weight excluding hydrogens is 185 g/mol. The molecule has 1 aromatic heterocycles. The van der Waals surface area contributed by atoms with Gasteiger partial charge < -0.3 is 5.11 Å². The van der Waals surface area contributed by atoms with Crippen LogP contribution in [-0.4, -0.2) is 14.9 Å². The number of aliphatic hydroxyl groups is 1. The molecule has 1 heterocycles. The van der Waals surface area contributed by atoms with Crippen LogP contribution in [-0.2, 0) is 13.2 Å². The third-order valence-electron chi connectivity index (χ3n) is 1.52. The van der Waals surface area contributed by atoms with Gasteiger partial charge in [0.25, 0.3) is 0 Å². The number of hydrogen-bond acceptors (Lipinski definition) is 2. The fourth-order valence-corrected chi connectivity index (χ4v) is 0.985. The Balaban J connectivity index is 3.33. The summed E-state index contributed by atoms with van der Waals surface area (Å²) in [5.74, 6) is -0.638. The first-order valence-electron chi connectivity index (χ1n) is 3.31. The van der Waals surface area contributed by atoms with Gasteiger partial charge in [0.1, 0.15) is 5.76 Å². The van der Waals surface area contributed by atoms with E-state index in [1.807, 2.05) is 0 Å². The van der Waals surface area contributed by atoms with Crippen LogP contribution in [0, 0.1) is 0 Å². The molecule has 1 N–H and O–H groups in total. The quantitative estimate of drug-likeness (QED) is 0.690. The molecule has 1 aromatic rings. The number of rotatable bonds is 1. The van der Waals surface area contributed by atoms with Gasteiger partial charge in [-0.2, -0.15) is 18.3 Å². The molecule has 0 aliphatic rings. The average molecular weight is 192 g/mol. The van der Waals surface area contributed by atoms with E-state index in [1.165, 1.54) is 0 Å². The van der Waals surface area contributed by atoms with Crippen molar-refractivity contribution in [3.8, 4) is 0 Å². The minimum atomic E-state index is -4.54. The maximum absolute atomic E-state index is 12.3. The summed E-state index contributed by atoms with van der Waals surface area (Å²) in [6.07, 6.45) is -3.61. The van der Waals surface area contributed by atoms with Crippen molar-refractivity contribution in [2.24, 2.45) is 7.05 Å². The summed E-state index contributed by atoms with van der Waals surface area (Å²) in [6, 6.07) is 0. The predicted octanol–water partition coefficient (Wildman–Crippen LogP) is 1.97. The number of hydrogen-bond donors (Lipinski definition) is 1. The van der Waals surface area contributed by atoms with Crippen molar-refractivity contribution in [2.45, 2.75) is 6.18 Å². The highest BCUT2D eigenvalue weighted by atomic mass is 19.4. The second-order valence-corrected chi connectivity index (χ2v) is 2.47. The van der Waals surface area contributed by atoms with Gasteiger partial charge in [0.2, 0.25) is 0 Å². The smallest absolute Gasteiger partial charge is 0.433 e. The Kier molecular flexibility index (Phi) is 2.07. The Morgan fingerprint density at radius 2 is 2.15 bits per heavy atom. The number of alkyl halides is 3. The van der Waals surface area contributed by atoms with Crippen LogP contribution >= 0.6 is 0 Å². The van der Waals surface area contributed by atoms with E-state index in [2.05, 4.69) is 11.7 Å². The van der Waals surface area contributed by atoms with E-state index in [0.717, 1.165) is 13.2 Å². The molecule has 0 aliphatic carbocycles. The maximum Gasteiger partial charge on any atom is 0.433 e. The first kappa shape index (κ1) is 9.63. The number of aliphatic hydroxyl groups excluding tert-OH is 1. The molecule has 0 unspecified atom stereocenters. The third-order valence-corrected chi connectivity index (χ3v) is 1.52. The summed E-state index contributed by atoms with van der Waals surface area (Å²) < 4.78 is 37.5. The first-order chi connectivity index (χ1) is 5.84. The van der Waals surface area contributed by atoms with Crippen LogP contribution in [0.1, 0.15) is 11.3 Å². The molecule has 0 bridgehead atoms. The van der Waals surface area contributed by atoms with Crippen LogP contribution in [0.25, 0.3) is 5.76 Å². The fraction of sp³-hybridized carbons (Fsp3) is 0.286. The molecule has 72 valence electrons. The Labute approximate surface area is 72.1 Å². The molecule has 6 heteroatoms. The van der Waals surface area contributed by atoms with Crippen molar-refractivity contribution in [2.75, 3.05) is 0 Å². The lowest BCUT2D eigenvalue weighted by Crippen LogP contribution is -2.13. The van der Waals surface area contributed by atoms with Gasteiger partial charge in [-0.1, -0.05) is 6.58 Å². The van der Waals surface area contributed by atoms with Gasteiger partial charge in [-0.15, -0.1) is 0 Å². The number of aromatic nitrogens is 2. The van der Waals surface area contributed by atoms with Crippen LogP contribution in [0.4, 0.5) is 13.2 Å². The van der Waals surface area contributed by atoms with Gasteiger partial charge in [0, 0.05) is 7.05 Å². The topological polar surface area (TPSA) is 38.1 Å². The highest BCUT2D eigenvalue weighted by Crippen LogP contribution is 2.33. The predicted molar refractivity (Wildman–Crippen MR) is 39.9 cm³/mol. The van der Waals surface area contributed by atoms with Crippen LogP contribution < -0.4 is 0 Å². The molecule has 0 atom stereocenters. The standard InChI is InChI=1S/C7H7F3N2O/c1-4(13)5-3-11-12(2)6(5)7(8,9)10/h3,13H,1H2,2H3. The van der Waals surface area contributed by atoms with E-state index in [4.69, 9.17) is 5.11 Å². The van der Waals surface area contributed by atoms with Crippen molar-refractivity contribution >= 4 is 5.76 Å². The normalized spacial score (nSPS) is 11.7. The lowest BCUT2D eigenvalue weighted by atomic mass is 10.2. The van der Waals surface area contributed by atoms with Crippen molar-refractivity contribution < 1.29 is 18.3 Å². The van der Waals surface area contributed by atoms with Gasteiger partial charge in [-0.25, -0.2) is 0 Å². The molecule has 13 heavy (non-hydrogen) atoms. The number of nitrogens with zero attached hydrogens (tertiary/aromatic N) is 2. The first-order valence-corrected chi connectivity index (χ1v) is 3.31. The second-order valence-electron chi connectivity index (χ2n) is 2.47. The average Bonchev–Trinajstić information content (AvgIpc) is 2.28. The van der Waals surface area contributed by atoms with E-state index in [1.54, 1.807) is 0 Å². The molecule has 0 saturated carbocycles. The molecule has 1 rings (SSSR count). The van der Waals surface area contributed by atoms with E-state index in [9.17, 15) is 13.2 Å². The van der Waals surface area contributed by atoms with Crippen LogP contribution in [0.2, 0.25) is 0 Å². The minimum absolute atomic E-state index is 0.394. The van der Waals surface area contributed by atoms with E-state index in [-0.39, 0.29) is 0 Å². The van der Waals surface area contributed by atoms with E-state index in [0.29, 0.717) is 4.68 Å². The number of aryl methyl sites for hydroxylation is 1. The van der Waals surface area contributed by atoms with Crippen LogP contribution in [0.3, 0.4) is 0 Å². The van der Waals surface area contributed by atoms with Gasteiger partial charge in [-0.05, 0) is 0 Å². The van der Waals surface area contributed by atoms with Crippen molar-refractivity contribution in [1.29, 1.82) is 0 Å². The highest BCUT2D eigenvalue weighted by molar-refractivity contribution is 5.58. The minimum Gasteiger partial charge on any atom is -0.508 e. The molecule has 0 aliphatic heterocycles. The van der Waals surface area contributed by atoms with Crippen LogP contribution in [0.5, 0.6) is 0 Å². The Morgan fingerprint density at radius 1 is 1.62 bits per heavy atom. The Morgan fingerprint density at radius 3 is 2.46 bits per heavy atom. The maximum atomic E-state index is 12.3. The van der Waals surface area contributed by atoms with Crippen molar-refractivity contribution in [3.05, 3.63) is 24.0 Å². The van der Waals surface area contributed by atoms with Crippen molar-refractivity contribution in [3.63, 3.8) is 0 Å². The highest BCUT2D eigenvalue weighted by Gasteiger charge is 2.37. The molecule has 0 aromatic carbocycles. The van der Waals surface area contributed by atoms with E-state index < -0.39 is 23.2 Å². The Hall–Kier alpha value is -1.46. The molecular formula is C7H7F3N2O. The summed E-state index contributed by atoms with van der Waals surface area (Å²) in [4.78, 5) is 0. The summed E-state index contributed by atoms with van der Waals surface area (Å²) in [7, 11) is 1.15. The largest absolute Gasteiger partial charge is 0.508 e. The van der Waals surface area contributed by atoms with E-state index >= 15 is 0 Å². The summed E-state index contributed by atoms with van der Waals surface area (Å²) >= 11 is 0. The second kappa shape index (κ2) is 2.79. The zero-order valence-corrected chi connectivity index (χ0v) is 6.76. The zero-order chi connectivity index (χ0) is 10.2. The van der Waals surface area contributed by atoms with Crippen LogP contribution in [0.15, 0.2) is 12.8 Å². The molecule has 3 nitrogen and oxygen atoms in total. The van der Waals surface area contributed by atoms with Crippen molar-refractivity contribution in [1.82, 2.24) is 9.78 Å².